The van der Waals surface area contributed by atoms with Gasteiger partial charge >= 0.3 is 0 Å². The molecule has 0 atom stereocenters. The zero-order valence-electron chi connectivity index (χ0n) is 10.6. The number of anilines is 1. The maximum absolute atomic E-state index is 12.8. The third-order valence-electron chi connectivity index (χ3n) is 2.38. The van der Waals surface area contributed by atoms with Crippen LogP contribution in [0.5, 0.6) is 0 Å². The first-order valence-corrected chi connectivity index (χ1v) is 5.61. The van der Waals surface area contributed by atoms with E-state index in [0.29, 0.717) is 12.2 Å². The standard InChI is InChI=1S/C12H16FN3O2.ClH/c1-2-16(10-5-3-9(13)4-6-10)12(18)8-15-11(17)7-14;/h3-6H,2,7-8,14H2,1H3,(H,15,17);1H. The number of amides is 2. The van der Waals surface area contributed by atoms with Gasteiger partial charge in [-0.05, 0) is 31.2 Å². The predicted octanol–water partition coefficient (Wildman–Crippen LogP) is 0.675. The van der Waals surface area contributed by atoms with E-state index in [1.54, 1.807) is 6.92 Å². The maximum atomic E-state index is 12.8. The Bertz CT molecular complexity index is 425. The number of rotatable bonds is 5. The largest absolute Gasteiger partial charge is 0.346 e. The summed E-state index contributed by atoms with van der Waals surface area (Å²) in [6.45, 7) is 1.95. The van der Waals surface area contributed by atoms with Crippen LogP contribution in [0, 0.1) is 5.82 Å². The van der Waals surface area contributed by atoms with Gasteiger partial charge < -0.3 is 16.0 Å². The van der Waals surface area contributed by atoms with Crippen LogP contribution in [0.15, 0.2) is 24.3 Å². The molecular weight excluding hydrogens is 273 g/mol. The molecule has 0 saturated heterocycles. The number of nitrogens with one attached hydrogen (secondary N) is 1. The third-order valence-corrected chi connectivity index (χ3v) is 2.38. The SMILES string of the molecule is CCN(C(=O)CNC(=O)CN)c1ccc(F)cc1.Cl. The van der Waals surface area contributed by atoms with Crippen LogP contribution >= 0.6 is 12.4 Å². The first kappa shape index (κ1) is 17.3. The van der Waals surface area contributed by atoms with Crippen molar-refractivity contribution in [3.8, 4) is 0 Å². The number of nitrogens with two attached hydrogens (primary N) is 1. The normalized spacial score (nSPS) is 9.42. The Labute approximate surface area is 117 Å². The lowest BCUT2D eigenvalue weighted by atomic mass is 10.2. The summed E-state index contributed by atoms with van der Waals surface area (Å²) in [5.74, 6) is -1.02. The van der Waals surface area contributed by atoms with E-state index in [2.05, 4.69) is 5.32 Å². The molecule has 0 radical (unpaired) electrons. The molecular formula is C12H17ClFN3O2. The lowest BCUT2D eigenvalue weighted by molar-refractivity contribution is -0.124. The first-order chi connectivity index (χ1) is 8.58. The van der Waals surface area contributed by atoms with E-state index in [1.165, 1.54) is 29.2 Å². The molecule has 0 aromatic heterocycles. The van der Waals surface area contributed by atoms with E-state index < -0.39 is 5.91 Å². The Morgan fingerprint density at radius 1 is 1.32 bits per heavy atom. The van der Waals surface area contributed by atoms with Crippen LogP contribution in [0.3, 0.4) is 0 Å². The molecule has 0 spiro atoms. The summed E-state index contributed by atoms with van der Waals surface area (Å²) in [5.41, 5.74) is 5.70. The van der Waals surface area contributed by atoms with E-state index in [1.807, 2.05) is 0 Å². The fourth-order valence-corrected chi connectivity index (χ4v) is 1.47. The quantitative estimate of drug-likeness (QED) is 0.837. The summed E-state index contributed by atoms with van der Waals surface area (Å²) in [6.07, 6.45) is 0. The van der Waals surface area contributed by atoms with E-state index in [4.69, 9.17) is 5.73 Å². The van der Waals surface area contributed by atoms with Gasteiger partial charge in [0.1, 0.15) is 5.82 Å². The summed E-state index contributed by atoms with van der Waals surface area (Å²) < 4.78 is 12.8. The smallest absolute Gasteiger partial charge is 0.246 e. The van der Waals surface area contributed by atoms with Crippen molar-refractivity contribution in [1.29, 1.82) is 0 Å². The molecule has 2 amide bonds. The average molecular weight is 290 g/mol. The monoisotopic (exact) mass is 289 g/mol. The van der Waals surface area contributed by atoms with Crippen molar-refractivity contribution in [3.05, 3.63) is 30.1 Å². The number of hydrogen-bond acceptors (Lipinski definition) is 3. The van der Waals surface area contributed by atoms with Gasteiger partial charge in [-0.2, -0.15) is 0 Å². The second kappa shape index (κ2) is 8.44. The summed E-state index contributed by atoms with van der Waals surface area (Å²) >= 11 is 0. The fourth-order valence-electron chi connectivity index (χ4n) is 1.47. The molecule has 0 heterocycles. The molecule has 19 heavy (non-hydrogen) atoms. The minimum absolute atomic E-state index is 0. The van der Waals surface area contributed by atoms with Crippen molar-refractivity contribution in [1.82, 2.24) is 5.32 Å². The van der Waals surface area contributed by atoms with Gasteiger partial charge in [0.25, 0.3) is 0 Å². The number of hydrogen-bond donors (Lipinski definition) is 2. The Morgan fingerprint density at radius 3 is 2.37 bits per heavy atom. The summed E-state index contributed by atoms with van der Waals surface area (Å²) in [5, 5.41) is 2.40. The highest BCUT2D eigenvalue weighted by atomic mass is 35.5. The maximum Gasteiger partial charge on any atom is 0.246 e. The van der Waals surface area contributed by atoms with Crippen LogP contribution in [0.1, 0.15) is 6.92 Å². The number of carbonyl (C=O) groups excluding carboxylic acids is 2. The van der Waals surface area contributed by atoms with Crippen molar-refractivity contribution < 1.29 is 14.0 Å². The van der Waals surface area contributed by atoms with Gasteiger partial charge in [0.05, 0.1) is 13.1 Å². The molecule has 0 fully saturated rings. The average Bonchev–Trinajstić information content (AvgIpc) is 2.39. The molecule has 5 nitrogen and oxygen atoms in total. The van der Waals surface area contributed by atoms with Crippen molar-refractivity contribution in [2.24, 2.45) is 5.73 Å². The van der Waals surface area contributed by atoms with Crippen LogP contribution in [0.2, 0.25) is 0 Å². The van der Waals surface area contributed by atoms with Crippen LogP contribution < -0.4 is 16.0 Å². The minimum Gasteiger partial charge on any atom is -0.346 e. The minimum atomic E-state index is -0.390. The molecule has 0 bridgehead atoms. The Morgan fingerprint density at radius 2 is 1.89 bits per heavy atom. The van der Waals surface area contributed by atoms with Gasteiger partial charge in [-0.3, -0.25) is 9.59 Å². The van der Waals surface area contributed by atoms with Crippen molar-refractivity contribution in [2.75, 3.05) is 24.5 Å². The van der Waals surface area contributed by atoms with Crippen LogP contribution in [0.4, 0.5) is 10.1 Å². The summed E-state index contributed by atoms with van der Waals surface area (Å²) in [4.78, 5) is 24.3. The first-order valence-electron chi connectivity index (χ1n) is 5.61. The molecule has 1 rings (SSSR count). The van der Waals surface area contributed by atoms with Crippen molar-refractivity contribution >= 4 is 29.9 Å². The molecule has 1 aromatic rings. The molecule has 0 aliphatic rings. The second-order valence-electron chi connectivity index (χ2n) is 3.60. The Hall–Kier alpha value is -1.66. The molecule has 0 aliphatic heterocycles. The van der Waals surface area contributed by atoms with E-state index in [0.717, 1.165) is 0 Å². The Balaban J connectivity index is 0.00000324. The second-order valence-corrected chi connectivity index (χ2v) is 3.60. The number of benzene rings is 1. The van der Waals surface area contributed by atoms with Gasteiger partial charge in [0, 0.05) is 12.2 Å². The molecule has 0 aliphatic carbocycles. The lowest BCUT2D eigenvalue weighted by Crippen LogP contribution is -2.42. The third kappa shape index (κ3) is 5.23. The lowest BCUT2D eigenvalue weighted by Gasteiger charge is -2.21. The van der Waals surface area contributed by atoms with Gasteiger partial charge in [0.2, 0.25) is 11.8 Å². The Kier molecular flexibility index (Phi) is 7.71. The molecule has 0 saturated carbocycles. The van der Waals surface area contributed by atoms with E-state index >= 15 is 0 Å². The predicted molar refractivity (Wildman–Crippen MR) is 73.7 cm³/mol. The van der Waals surface area contributed by atoms with Crippen LogP contribution in [-0.2, 0) is 9.59 Å². The highest BCUT2D eigenvalue weighted by Crippen LogP contribution is 2.14. The number of likely N-dealkylation sites (N-methyl/N-ethyl adjacent to an activating group) is 1. The number of halogens is 2. The zero-order chi connectivity index (χ0) is 13.5. The van der Waals surface area contributed by atoms with Crippen molar-refractivity contribution in [3.63, 3.8) is 0 Å². The molecule has 0 unspecified atom stereocenters. The molecule has 7 heteroatoms. The molecule has 3 N–H and O–H groups in total. The number of nitrogens with zero attached hydrogens (tertiary/aromatic N) is 1. The van der Waals surface area contributed by atoms with Crippen LogP contribution in [-0.4, -0.2) is 31.4 Å². The fraction of sp³-hybridized carbons (Fsp3) is 0.333. The highest BCUT2D eigenvalue weighted by Gasteiger charge is 2.14. The van der Waals surface area contributed by atoms with Gasteiger partial charge in [0.15, 0.2) is 0 Å². The summed E-state index contributed by atoms with van der Waals surface area (Å²) in [6, 6.07) is 5.59. The molecule has 1 aromatic carbocycles. The van der Waals surface area contributed by atoms with Crippen molar-refractivity contribution in [2.45, 2.75) is 6.92 Å². The van der Waals surface area contributed by atoms with Gasteiger partial charge in [-0.1, -0.05) is 0 Å². The molecule has 106 valence electrons. The van der Waals surface area contributed by atoms with Gasteiger partial charge in [-0.25, -0.2) is 4.39 Å². The van der Waals surface area contributed by atoms with E-state index in [9.17, 15) is 14.0 Å². The van der Waals surface area contributed by atoms with Gasteiger partial charge in [-0.15, -0.1) is 12.4 Å². The summed E-state index contributed by atoms with van der Waals surface area (Å²) in [7, 11) is 0. The topological polar surface area (TPSA) is 75.4 Å². The zero-order valence-corrected chi connectivity index (χ0v) is 11.4. The van der Waals surface area contributed by atoms with Crippen LogP contribution in [0.25, 0.3) is 0 Å². The highest BCUT2D eigenvalue weighted by molar-refractivity contribution is 5.96. The van der Waals surface area contributed by atoms with E-state index in [-0.39, 0.29) is 37.2 Å². The number of carbonyl (C=O) groups is 2.